The van der Waals surface area contributed by atoms with E-state index < -0.39 is 0 Å². The third-order valence-corrected chi connectivity index (χ3v) is 3.18. The molecule has 17 heavy (non-hydrogen) atoms. The first-order valence-corrected chi connectivity index (χ1v) is 6.06. The van der Waals surface area contributed by atoms with Crippen molar-refractivity contribution in [1.29, 1.82) is 0 Å². The number of benzene rings is 1. The Morgan fingerprint density at radius 2 is 2.35 bits per heavy atom. The lowest BCUT2D eigenvalue weighted by atomic mass is 10.2. The second-order valence-electron chi connectivity index (χ2n) is 3.19. The Morgan fingerprint density at radius 1 is 1.59 bits per heavy atom. The summed E-state index contributed by atoms with van der Waals surface area (Å²) in [5, 5.41) is 6.65. The van der Waals surface area contributed by atoms with Gasteiger partial charge in [-0.3, -0.25) is 4.79 Å². The summed E-state index contributed by atoms with van der Waals surface area (Å²) in [6.07, 6.45) is 0.616. The van der Waals surface area contributed by atoms with E-state index in [0.29, 0.717) is 34.6 Å². The Bertz CT molecular complexity index is 460. The van der Waals surface area contributed by atoms with Gasteiger partial charge < -0.3 is 5.32 Å². The highest BCUT2D eigenvalue weighted by molar-refractivity contribution is 9.10. The zero-order valence-electron chi connectivity index (χ0n) is 8.86. The summed E-state index contributed by atoms with van der Waals surface area (Å²) in [5.41, 5.74) is 8.60. The fourth-order valence-corrected chi connectivity index (χ4v) is 1.63. The Kier molecular flexibility index (Phi) is 5.83. The fourth-order valence-electron chi connectivity index (χ4n) is 1.14. The van der Waals surface area contributed by atoms with Crippen LogP contribution >= 0.6 is 27.5 Å². The van der Waals surface area contributed by atoms with Crippen LogP contribution in [0.1, 0.15) is 16.8 Å². The molecule has 90 valence electrons. The van der Waals surface area contributed by atoms with Crippen LogP contribution in [0.5, 0.6) is 0 Å². The van der Waals surface area contributed by atoms with Gasteiger partial charge in [0, 0.05) is 28.0 Å². The molecular formula is C10H10BrClN4O. The van der Waals surface area contributed by atoms with E-state index in [2.05, 4.69) is 31.3 Å². The molecule has 0 fully saturated rings. The molecule has 1 rings (SSSR count). The number of amides is 1. The summed E-state index contributed by atoms with van der Waals surface area (Å²) in [6.45, 7) is 0.846. The zero-order chi connectivity index (χ0) is 12.7. The molecule has 1 aromatic carbocycles. The minimum atomic E-state index is -0.177. The largest absolute Gasteiger partial charge is 0.352 e. The topological polar surface area (TPSA) is 77.9 Å². The van der Waals surface area contributed by atoms with Gasteiger partial charge >= 0.3 is 0 Å². The van der Waals surface area contributed by atoms with Crippen molar-refractivity contribution in [2.75, 3.05) is 13.1 Å². The number of carbonyl (C=O) groups excluding carboxylic acids is 1. The van der Waals surface area contributed by atoms with Gasteiger partial charge in [-0.05, 0) is 46.1 Å². The van der Waals surface area contributed by atoms with Crippen LogP contribution in [0.15, 0.2) is 27.8 Å². The van der Waals surface area contributed by atoms with Gasteiger partial charge in [-0.25, -0.2) is 0 Å². The maximum atomic E-state index is 11.7. The van der Waals surface area contributed by atoms with Crippen LogP contribution in [-0.2, 0) is 0 Å². The van der Waals surface area contributed by atoms with Crippen LogP contribution in [0.25, 0.3) is 10.4 Å². The average Bonchev–Trinajstić information content (AvgIpc) is 2.32. The van der Waals surface area contributed by atoms with Crippen molar-refractivity contribution in [2.24, 2.45) is 5.11 Å². The third-order valence-electron chi connectivity index (χ3n) is 1.97. The quantitative estimate of drug-likeness (QED) is 0.383. The molecule has 0 saturated carbocycles. The van der Waals surface area contributed by atoms with E-state index in [9.17, 15) is 4.79 Å². The molecule has 0 heterocycles. The fraction of sp³-hybridized carbons (Fsp3) is 0.300. The summed E-state index contributed by atoms with van der Waals surface area (Å²) in [4.78, 5) is 14.3. The Hall–Kier alpha value is -1.23. The van der Waals surface area contributed by atoms with Gasteiger partial charge in [0.25, 0.3) is 5.91 Å². The van der Waals surface area contributed by atoms with Crippen LogP contribution < -0.4 is 5.32 Å². The van der Waals surface area contributed by atoms with E-state index in [1.807, 2.05) is 0 Å². The van der Waals surface area contributed by atoms with E-state index in [1.165, 1.54) is 0 Å². The molecule has 0 aromatic heterocycles. The van der Waals surface area contributed by atoms with Gasteiger partial charge in [0.2, 0.25) is 0 Å². The first kappa shape index (κ1) is 13.8. The monoisotopic (exact) mass is 316 g/mol. The van der Waals surface area contributed by atoms with Gasteiger partial charge in [0.05, 0.1) is 5.02 Å². The second kappa shape index (κ2) is 7.17. The predicted molar refractivity (Wildman–Crippen MR) is 70.1 cm³/mol. The van der Waals surface area contributed by atoms with E-state index >= 15 is 0 Å². The summed E-state index contributed by atoms with van der Waals surface area (Å²) in [6, 6.07) is 4.96. The van der Waals surface area contributed by atoms with Crippen molar-refractivity contribution in [3.8, 4) is 0 Å². The van der Waals surface area contributed by atoms with Crippen molar-refractivity contribution in [3.05, 3.63) is 43.7 Å². The number of hydrogen-bond acceptors (Lipinski definition) is 2. The Morgan fingerprint density at radius 3 is 3.00 bits per heavy atom. The molecule has 1 amide bonds. The lowest BCUT2D eigenvalue weighted by Crippen LogP contribution is -2.24. The number of carbonyl (C=O) groups is 1. The van der Waals surface area contributed by atoms with Crippen molar-refractivity contribution in [2.45, 2.75) is 6.42 Å². The number of azide groups is 1. The van der Waals surface area contributed by atoms with Gasteiger partial charge in [-0.2, -0.15) is 0 Å². The molecule has 1 aromatic rings. The summed E-state index contributed by atoms with van der Waals surface area (Å²) in [5.74, 6) is -0.177. The minimum absolute atomic E-state index is 0.177. The lowest BCUT2D eigenvalue weighted by Gasteiger charge is -2.05. The molecule has 0 radical (unpaired) electrons. The molecule has 7 heteroatoms. The van der Waals surface area contributed by atoms with Crippen molar-refractivity contribution in [1.82, 2.24) is 5.32 Å². The molecule has 0 aliphatic heterocycles. The number of rotatable bonds is 5. The first-order chi connectivity index (χ1) is 8.15. The van der Waals surface area contributed by atoms with Crippen LogP contribution in [-0.4, -0.2) is 19.0 Å². The van der Waals surface area contributed by atoms with Crippen LogP contribution in [0.3, 0.4) is 0 Å². The maximum Gasteiger partial charge on any atom is 0.251 e. The first-order valence-electron chi connectivity index (χ1n) is 4.89. The highest BCUT2D eigenvalue weighted by atomic mass is 79.9. The lowest BCUT2D eigenvalue weighted by molar-refractivity contribution is 0.0953. The highest BCUT2D eigenvalue weighted by Crippen LogP contribution is 2.23. The summed E-state index contributed by atoms with van der Waals surface area (Å²) >= 11 is 9.07. The molecule has 5 nitrogen and oxygen atoms in total. The Labute approximate surface area is 112 Å². The molecule has 0 aliphatic carbocycles. The smallest absolute Gasteiger partial charge is 0.251 e. The normalized spacial score (nSPS) is 9.53. The second-order valence-corrected chi connectivity index (χ2v) is 4.45. The van der Waals surface area contributed by atoms with Crippen molar-refractivity contribution in [3.63, 3.8) is 0 Å². The number of nitrogens with one attached hydrogen (secondary N) is 1. The van der Waals surface area contributed by atoms with E-state index in [0.717, 1.165) is 0 Å². The summed E-state index contributed by atoms with van der Waals surface area (Å²) in [7, 11) is 0. The van der Waals surface area contributed by atoms with E-state index in [-0.39, 0.29) is 5.91 Å². The maximum absolute atomic E-state index is 11.7. The van der Waals surface area contributed by atoms with E-state index in [1.54, 1.807) is 18.2 Å². The average molecular weight is 318 g/mol. The summed E-state index contributed by atoms with van der Waals surface area (Å²) < 4.78 is 0.681. The van der Waals surface area contributed by atoms with Crippen LogP contribution in [0, 0.1) is 0 Å². The molecule has 1 N–H and O–H groups in total. The molecule has 0 aliphatic rings. The predicted octanol–water partition coefficient (Wildman–Crippen LogP) is 3.53. The van der Waals surface area contributed by atoms with Crippen LogP contribution in [0.2, 0.25) is 5.02 Å². The van der Waals surface area contributed by atoms with Gasteiger partial charge in [0.15, 0.2) is 0 Å². The van der Waals surface area contributed by atoms with Gasteiger partial charge in [0.1, 0.15) is 0 Å². The number of halogens is 2. The zero-order valence-corrected chi connectivity index (χ0v) is 11.2. The molecule has 0 unspecified atom stereocenters. The number of hydrogen-bond donors (Lipinski definition) is 1. The standard InChI is InChI=1S/C10H10BrClN4O/c11-8-6-7(2-3-9(8)12)10(17)14-4-1-5-15-16-13/h2-3,6H,1,4-5H2,(H,14,17). The third kappa shape index (κ3) is 4.65. The van der Waals surface area contributed by atoms with Crippen molar-refractivity contribution < 1.29 is 4.79 Å². The van der Waals surface area contributed by atoms with E-state index in [4.69, 9.17) is 17.1 Å². The highest BCUT2D eigenvalue weighted by Gasteiger charge is 2.06. The minimum Gasteiger partial charge on any atom is -0.352 e. The molecule has 0 bridgehead atoms. The van der Waals surface area contributed by atoms with Gasteiger partial charge in [-0.15, -0.1) is 0 Å². The number of nitrogens with zero attached hydrogens (tertiary/aromatic N) is 3. The molecule has 0 saturated heterocycles. The van der Waals surface area contributed by atoms with Crippen LogP contribution in [0.4, 0.5) is 0 Å². The van der Waals surface area contributed by atoms with Gasteiger partial charge in [-0.1, -0.05) is 16.7 Å². The molecular weight excluding hydrogens is 307 g/mol. The van der Waals surface area contributed by atoms with Crippen molar-refractivity contribution >= 4 is 33.4 Å². The molecule has 0 atom stereocenters. The molecule has 0 spiro atoms. The Balaban J connectivity index is 2.46. The SMILES string of the molecule is [N-]=[N+]=NCCCNC(=O)c1ccc(Cl)c(Br)c1.